The molecule has 0 heterocycles. The van der Waals surface area contributed by atoms with Crippen LogP contribution in [0.25, 0.3) is 0 Å². The van der Waals surface area contributed by atoms with Gasteiger partial charge in [0.1, 0.15) is 5.82 Å². The summed E-state index contributed by atoms with van der Waals surface area (Å²) in [4.78, 5) is 13.0. The van der Waals surface area contributed by atoms with Gasteiger partial charge in [-0.3, -0.25) is 4.79 Å². The number of hydrogen-bond acceptors (Lipinski definition) is 2. The van der Waals surface area contributed by atoms with Gasteiger partial charge in [-0.15, -0.1) is 0 Å². The van der Waals surface area contributed by atoms with Crippen LogP contribution in [-0.2, 0) is 6.54 Å². The standard InChI is InChI=1S/C16H15BrFNO/c1-11(20)13-6-7-16(15(18)9-13)19(2)10-12-4-3-5-14(17)8-12/h3-9H,10H2,1-2H3. The number of carbonyl (C=O) groups is 1. The third-order valence-electron chi connectivity index (χ3n) is 3.07. The van der Waals surface area contributed by atoms with E-state index in [1.165, 1.54) is 13.0 Å². The van der Waals surface area contributed by atoms with E-state index >= 15 is 0 Å². The van der Waals surface area contributed by atoms with Crippen LogP contribution in [0.15, 0.2) is 46.9 Å². The zero-order chi connectivity index (χ0) is 14.7. The van der Waals surface area contributed by atoms with E-state index in [4.69, 9.17) is 0 Å². The molecule has 0 aromatic heterocycles. The van der Waals surface area contributed by atoms with E-state index in [1.807, 2.05) is 36.2 Å². The zero-order valence-electron chi connectivity index (χ0n) is 11.4. The van der Waals surface area contributed by atoms with Gasteiger partial charge >= 0.3 is 0 Å². The lowest BCUT2D eigenvalue weighted by molar-refractivity contribution is 0.101. The average molecular weight is 336 g/mol. The molecule has 2 aromatic rings. The molecular weight excluding hydrogens is 321 g/mol. The Hall–Kier alpha value is -1.68. The second-order valence-electron chi connectivity index (χ2n) is 4.71. The maximum atomic E-state index is 14.0. The fraction of sp³-hybridized carbons (Fsp3) is 0.188. The topological polar surface area (TPSA) is 20.3 Å². The first-order chi connectivity index (χ1) is 9.47. The van der Waals surface area contributed by atoms with Crippen molar-refractivity contribution >= 4 is 27.4 Å². The van der Waals surface area contributed by atoms with Crippen LogP contribution in [-0.4, -0.2) is 12.8 Å². The molecule has 2 nitrogen and oxygen atoms in total. The fourth-order valence-corrected chi connectivity index (χ4v) is 2.48. The Balaban J connectivity index is 2.21. The van der Waals surface area contributed by atoms with Crippen molar-refractivity contribution in [2.45, 2.75) is 13.5 Å². The molecule has 4 heteroatoms. The molecule has 20 heavy (non-hydrogen) atoms. The molecule has 0 spiro atoms. The predicted molar refractivity (Wildman–Crippen MR) is 82.7 cm³/mol. The van der Waals surface area contributed by atoms with Crippen molar-refractivity contribution in [2.75, 3.05) is 11.9 Å². The number of nitrogens with zero attached hydrogens (tertiary/aromatic N) is 1. The van der Waals surface area contributed by atoms with Crippen molar-refractivity contribution in [2.24, 2.45) is 0 Å². The molecular formula is C16H15BrFNO. The van der Waals surface area contributed by atoms with Crippen LogP contribution in [0.1, 0.15) is 22.8 Å². The van der Waals surface area contributed by atoms with E-state index in [0.29, 0.717) is 17.8 Å². The number of ketones is 1. The third-order valence-corrected chi connectivity index (χ3v) is 3.57. The van der Waals surface area contributed by atoms with E-state index < -0.39 is 0 Å². The van der Waals surface area contributed by atoms with Gasteiger partial charge in [0.2, 0.25) is 0 Å². The molecule has 0 saturated carbocycles. The zero-order valence-corrected chi connectivity index (χ0v) is 12.9. The Bertz CT molecular complexity index is 642. The lowest BCUT2D eigenvalue weighted by atomic mass is 10.1. The normalized spacial score (nSPS) is 10.4. The second kappa shape index (κ2) is 6.18. The van der Waals surface area contributed by atoms with E-state index in [0.717, 1.165) is 10.0 Å². The third kappa shape index (κ3) is 3.45. The van der Waals surface area contributed by atoms with Gasteiger partial charge in [0.05, 0.1) is 5.69 Å². The van der Waals surface area contributed by atoms with Crippen molar-refractivity contribution < 1.29 is 9.18 Å². The Morgan fingerprint density at radius 3 is 2.60 bits per heavy atom. The maximum absolute atomic E-state index is 14.0. The van der Waals surface area contributed by atoms with Gasteiger partial charge < -0.3 is 4.90 Å². The monoisotopic (exact) mass is 335 g/mol. The number of benzene rings is 2. The van der Waals surface area contributed by atoms with Crippen LogP contribution in [0.5, 0.6) is 0 Å². The van der Waals surface area contributed by atoms with Crippen molar-refractivity contribution in [1.82, 2.24) is 0 Å². The highest BCUT2D eigenvalue weighted by molar-refractivity contribution is 9.10. The molecule has 0 saturated heterocycles. The number of rotatable bonds is 4. The second-order valence-corrected chi connectivity index (χ2v) is 5.62. The quantitative estimate of drug-likeness (QED) is 0.770. The van der Waals surface area contributed by atoms with E-state index in [2.05, 4.69) is 15.9 Å². The smallest absolute Gasteiger partial charge is 0.159 e. The minimum absolute atomic E-state index is 0.134. The Kier molecular flexibility index (Phi) is 4.55. The summed E-state index contributed by atoms with van der Waals surface area (Å²) in [5, 5.41) is 0. The van der Waals surface area contributed by atoms with Crippen LogP contribution in [0.3, 0.4) is 0 Å². The summed E-state index contributed by atoms with van der Waals surface area (Å²) in [6.45, 7) is 2.02. The first-order valence-electron chi connectivity index (χ1n) is 6.23. The summed E-state index contributed by atoms with van der Waals surface area (Å²) in [6.07, 6.45) is 0. The van der Waals surface area contributed by atoms with Crippen LogP contribution in [0.2, 0.25) is 0 Å². The van der Waals surface area contributed by atoms with Crippen LogP contribution < -0.4 is 4.90 Å². The number of carbonyl (C=O) groups excluding carboxylic acids is 1. The SMILES string of the molecule is CC(=O)c1ccc(N(C)Cc2cccc(Br)c2)c(F)c1. The molecule has 0 aliphatic rings. The lowest BCUT2D eigenvalue weighted by Gasteiger charge is -2.20. The van der Waals surface area contributed by atoms with E-state index in [9.17, 15) is 9.18 Å². The highest BCUT2D eigenvalue weighted by Crippen LogP contribution is 2.22. The predicted octanol–water partition coefficient (Wildman–Crippen LogP) is 4.43. The first-order valence-corrected chi connectivity index (χ1v) is 7.03. The minimum atomic E-state index is -0.379. The van der Waals surface area contributed by atoms with Crippen LogP contribution in [0.4, 0.5) is 10.1 Å². The Morgan fingerprint density at radius 2 is 2.00 bits per heavy atom. The molecule has 0 aliphatic heterocycles. The molecule has 104 valence electrons. The van der Waals surface area contributed by atoms with Gasteiger partial charge in [-0.2, -0.15) is 0 Å². The number of halogens is 2. The largest absolute Gasteiger partial charge is 0.368 e. The van der Waals surface area contributed by atoms with Crippen LogP contribution in [0, 0.1) is 5.82 Å². The van der Waals surface area contributed by atoms with E-state index in [-0.39, 0.29) is 11.6 Å². The molecule has 0 atom stereocenters. The molecule has 0 N–H and O–H groups in total. The highest BCUT2D eigenvalue weighted by atomic mass is 79.9. The highest BCUT2D eigenvalue weighted by Gasteiger charge is 2.10. The summed E-state index contributed by atoms with van der Waals surface area (Å²) in [5.74, 6) is -0.514. The van der Waals surface area contributed by atoms with Crippen molar-refractivity contribution in [3.05, 3.63) is 63.9 Å². The van der Waals surface area contributed by atoms with Gasteiger partial charge in [0.15, 0.2) is 5.78 Å². The first kappa shape index (κ1) is 14.7. The van der Waals surface area contributed by atoms with Crippen molar-refractivity contribution in [3.8, 4) is 0 Å². The Labute approximate surface area is 126 Å². The molecule has 2 aromatic carbocycles. The summed E-state index contributed by atoms with van der Waals surface area (Å²) in [7, 11) is 1.83. The van der Waals surface area contributed by atoms with Crippen LogP contribution >= 0.6 is 15.9 Å². The van der Waals surface area contributed by atoms with Crippen molar-refractivity contribution in [3.63, 3.8) is 0 Å². The Morgan fingerprint density at radius 1 is 1.25 bits per heavy atom. The average Bonchev–Trinajstić information content (AvgIpc) is 2.38. The van der Waals surface area contributed by atoms with Gasteiger partial charge in [0, 0.05) is 23.6 Å². The summed E-state index contributed by atoms with van der Waals surface area (Å²) in [6, 6.07) is 12.5. The maximum Gasteiger partial charge on any atom is 0.159 e. The number of Topliss-reactive ketones (excluding diaryl/α,β-unsaturated/α-hetero) is 1. The van der Waals surface area contributed by atoms with E-state index in [1.54, 1.807) is 12.1 Å². The molecule has 2 rings (SSSR count). The van der Waals surface area contributed by atoms with Crippen molar-refractivity contribution in [1.29, 1.82) is 0 Å². The number of anilines is 1. The summed E-state index contributed by atoms with van der Waals surface area (Å²) >= 11 is 3.42. The molecule has 0 unspecified atom stereocenters. The number of hydrogen-bond donors (Lipinski definition) is 0. The molecule has 0 fully saturated rings. The molecule has 0 amide bonds. The fourth-order valence-electron chi connectivity index (χ4n) is 2.03. The minimum Gasteiger partial charge on any atom is -0.368 e. The molecule has 0 aliphatic carbocycles. The molecule has 0 radical (unpaired) electrons. The lowest BCUT2D eigenvalue weighted by Crippen LogP contribution is -2.18. The van der Waals surface area contributed by atoms with Gasteiger partial charge in [-0.1, -0.05) is 28.1 Å². The summed E-state index contributed by atoms with van der Waals surface area (Å²) < 4.78 is 15.0. The van der Waals surface area contributed by atoms with Gasteiger partial charge in [-0.25, -0.2) is 4.39 Å². The van der Waals surface area contributed by atoms with Gasteiger partial charge in [0.25, 0.3) is 0 Å². The summed E-state index contributed by atoms with van der Waals surface area (Å²) in [5.41, 5.74) is 1.95. The molecule has 0 bridgehead atoms. The van der Waals surface area contributed by atoms with Gasteiger partial charge in [-0.05, 0) is 42.8 Å².